The molecule has 0 saturated carbocycles. The van der Waals surface area contributed by atoms with E-state index in [2.05, 4.69) is 0 Å². The summed E-state index contributed by atoms with van der Waals surface area (Å²) in [5.74, 6) is 0.220. The zero-order valence-electron chi connectivity index (χ0n) is 9.03. The molecular weight excluding hydrogens is 204 g/mol. The normalized spacial score (nSPS) is 10.6. The van der Waals surface area contributed by atoms with Crippen LogP contribution >= 0.6 is 0 Å². The van der Waals surface area contributed by atoms with Gasteiger partial charge < -0.3 is 4.74 Å². The van der Waals surface area contributed by atoms with Gasteiger partial charge >= 0.3 is 0 Å². The van der Waals surface area contributed by atoms with E-state index < -0.39 is 10.9 Å². The van der Waals surface area contributed by atoms with Gasteiger partial charge in [0.2, 0.25) is 5.43 Å². The summed E-state index contributed by atoms with van der Waals surface area (Å²) in [4.78, 5) is 22.8. The highest BCUT2D eigenvalue weighted by atomic mass is 16.5. The van der Waals surface area contributed by atoms with Crippen LogP contribution in [-0.2, 0) is 0 Å². The fraction of sp³-hybridized carbons (Fsp3) is 0.231. The zero-order valence-corrected chi connectivity index (χ0v) is 9.03. The Morgan fingerprint density at radius 2 is 1.75 bits per heavy atom. The maximum absolute atomic E-state index is 11.4. The highest BCUT2D eigenvalue weighted by Crippen LogP contribution is 2.24. The summed E-state index contributed by atoms with van der Waals surface area (Å²) in [7, 11) is 0. The Morgan fingerprint density at radius 1 is 1.06 bits per heavy atom. The summed E-state index contributed by atoms with van der Waals surface area (Å²) in [6.07, 6.45) is 0.813. The van der Waals surface area contributed by atoms with Gasteiger partial charge in [0.15, 0.2) is 5.75 Å². The Kier molecular flexibility index (Phi) is 2.86. The van der Waals surface area contributed by atoms with Crippen LogP contribution in [0, 0.1) is 0 Å². The van der Waals surface area contributed by atoms with Crippen molar-refractivity contribution in [2.45, 2.75) is 13.3 Å². The van der Waals surface area contributed by atoms with Crippen LogP contribution in [0.2, 0.25) is 0 Å². The molecule has 82 valence electrons. The summed E-state index contributed by atoms with van der Waals surface area (Å²) < 4.78 is 5.29. The summed E-state index contributed by atoms with van der Waals surface area (Å²) in [6.45, 7) is 2.42. The lowest BCUT2D eigenvalue weighted by Gasteiger charge is -2.11. The number of benzene rings is 1. The maximum atomic E-state index is 11.4. The quantitative estimate of drug-likeness (QED) is 0.731. The molecule has 0 bridgehead atoms. The van der Waals surface area contributed by atoms with Crippen molar-refractivity contribution in [2.24, 2.45) is 0 Å². The summed E-state index contributed by atoms with van der Waals surface area (Å²) in [5, 5.41) is 0. The molecule has 0 aliphatic carbocycles. The van der Waals surface area contributed by atoms with E-state index in [1.54, 1.807) is 12.1 Å². The lowest BCUT2D eigenvalue weighted by molar-refractivity contribution is 0.312. The van der Waals surface area contributed by atoms with Crippen molar-refractivity contribution in [2.75, 3.05) is 6.61 Å². The van der Waals surface area contributed by atoms with Gasteiger partial charge in [-0.2, -0.15) is 0 Å². The number of rotatable bonds is 4. The molecule has 0 atom stereocenters. The average molecular weight is 216 g/mol. The first-order valence-electron chi connectivity index (χ1n) is 5.27. The first kappa shape index (κ1) is 10.6. The predicted molar refractivity (Wildman–Crippen MR) is 62.6 cm³/mol. The van der Waals surface area contributed by atoms with E-state index in [1.807, 2.05) is 25.1 Å². The molecule has 2 rings (SSSR count). The molecule has 3 heteroatoms. The fourth-order valence-electron chi connectivity index (χ4n) is 1.58. The molecule has 2 aromatic rings. The topological polar surface area (TPSA) is 43.4 Å². The van der Waals surface area contributed by atoms with Crippen LogP contribution in [0.15, 0.2) is 39.9 Å². The van der Waals surface area contributed by atoms with Crippen molar-refractivity contribution in [1.82, 2.24) is 0 Å². The second-order valence-corrected chi connectivity index (χ2v) is 3.58. The number of hydrogen-bond donors (Lipinski definition) is 0. The summed E-state index contributed by atoms with van der Waals surface area (Å²) in [5.41, 5.74) is 0.210. The Labute approximate surface area is 93.0 Å². The van der Waals surface area contributed by atoms with Crippen LogP contribution in [0.3, 0.4) is 0 Å². The van der Waals surface area contributed by atoms with Crippen molar-refractivity contribution < 1.29 is 4.74 Å². The van der Waals surface area contributed by atoms with Gasteiger partial charge in [0.1, 0.15) is 0 Å². The van der Waals surface area contributed by atoms with Gasteiger partial charge in [0.25, 0.3) is 5.43 Å². The van der Waals surface area contributed by atoms with E-state index in [0.29, 0.717) is 12.2 Å². The van der Waals surface area contributed by atoms with Crippen LogP contribution in [0.1, 0.15) is 13.3 Å². The van der Waals surface area contributed by atoms with E-state index in [1.165, 1.54) is 0 Å². The Bertz CT molecular complexity index is 548. The molecule has 0 heterocycles. The van der Waals surface area contributed by atoms with Gasteiger partial charge in [-0.3, -0.25) is 9.59 Å². The third-order valence-corrected chi connectivity index (χ3v) is 2.38. The molecule has 0 spiro atoms. The van der Waals surface area contributed by atoms with E-state index in [4.69, 9.17) is 4.74 Å². The highest BCUT2D eigenvalue weighted by Gasteiger charge is 2.23. The smallest absolute Gasteiger partial charge is 0.268 e. The van der Waals surface area contributed by atoms with E-state index in [0.717, 1.165) is 12.0 Å². The molecule has 2 aromatic carbocycles. The van der Waals surface area contributed by atoms with Gasteiger partial charge in [0.05, 0.1) is 12.2 Å². The first-order valence-corrected chi connectivity index (χ1v) is 5.27. The number of ether oxygens (including phenoxy) is 1. The average Bonchev–Trinajstić information content (AvgIpc) is 2.34. The van der Waals surface area contributed by atoms with Crippen molar-refractivity contribution in [3.8, 4) is 16.9 Å². The second kappa shape index (κ2) is 4.31. The Balaban J connectivity index is 2.39. The lowest BCUT2D eigenvalue weighted by Crippen LogP contribution is -2.34. The van der Waals surface area contributed by atoms with Gasteiger partial charge in [-0.1, -0.05) is 37.3 Å². The highest BCUT2D eigenvalue weighted by molar-refractivity contribution is 5.73. The second-order valence-electron chi connectivity index (χ2n) is 3.58. The molecule has 0 amide bonds. The van der Waals surface area contributed by atoms with Gasteiger partial charge in [-0.25, -0.2) is 0 Å². The van der Waals surface area contributed by atoms with Gasteiger partial charge in [-0.05, 0) is 12.0 Å². The monoisotopic (exact) mass is 216 g/mol. The third kappa shape index (κ3) is 1.65. The summed E-state index contributed by atoms with van der Waals surface area (Å²) in [6, 6.07) is 9.12. The minimum absolute atomic E-state index is 0.220. The van der Waals surface area contributed by atoms with E-state index in [9.17, 15) is 9.59 Å². The molecule has 0 aliphatic rings. The van der Waals surface area contributed by atoms with Crippen molar-refractivity contribution >= 4 is 0 Å². The minimum atomic E-state index is -0.507. The van der Waals surface area contributed by atoms with Crippen LogP contribution in [0.25, 0.3) is 11.1 Å². The van der Waals surface area contributed by atoms with Crippen molar-refractivity contribution in [1.29, 1.82) is 0 Å². The van der Waals surface area contributed by atoms with Gasteiger partial charge in [0, 0.05) is 0 Å². The number of hydrogen-bond acceptors (Lipinski definition) is 3. The standard InChI is InChI=1S/C13H12O3/c1-2-8-16-13-10(11(14)12(13)15)9-6-4-3-5-7-9/h3-7H,2,8H2,1H3. The predicted octanol–water partition coefficient (Wildman–Crippen LogP) is 1.74. The maximum Gasteiger partial charge on any atom is 0.268 e. The first-order chi connectivity index (χ1) is 7.75. The van der Waals surface area contributed by atoms with E-state index in [-0.39, 0.29) is 5.75 Å². The SMILES string of the molecule is CCCOc1c(-c2ccccc2)c(=O)c1=O. The third-order valence-electron chi connectivity index (χ3n) is 2.38. The van der Waals surface area contributed by atoms with Crippen molar-refractivity contribution in [3.05, 3.63) is 50.8 Å². The molecule has 0 fully saturated rings. The van der Waals surface area contributed by atoms with Crippen LogP contribution in [0.5, 0.6) is 5.75 Å². The molecule has 0 radical (unpaired) electrons. The Morgan fingerprint density at radius 3 is 2.38 bits per heavy atom. The zero-order chi connectivity index (χ0) is 11.5. The van der Waals surface area contributed by atoms with Gasteiger partial charge in [-0.15, -0.1) is 0 Å². The molecule has 0 unspecified atom stereocenters. The molecule has 0 aromatic heterocycles. The fourth-order valence-corrected chi connectivity index (χ4v) is 1.58. The summed E-state index contributed by atoms with van der Waals surface area (Å²) >= 11 is 0. The van der Waals surface area contributed by atoms with Crippen LogP contribution < -0.4 is 15.6 Å². The molecule has 3 nitrogen and oxygen atoms in total. The molecular formula is C13H12O3. The molecule has 0 N–H and O–H groups in total. The molecule has 16 heavy (non-hydrogen) atoms. The lowest BCUT2D eigenvalue weighted by atomic mass is 10.0. The molecule has 0 aliphatic heterocycles. The Hall–Kier alpha value is -1.90. The van der Waals surface area contributed by atoms with Crippen LogP contribution in [0.4, 0.5) is 0 Å². The van der Waals surface area contributed by atoms with Crippen LogP contribution in [-0.4, -0.2) is 6.61 Å². The molecule has 0 saturated heterocycles. The largest absolute Gasteiger partial charge is 0.489 e. The minimum Gasteiger partial charge on any atom is -0.489 e. The van der Waals surface area contributed by atoms with Crippen molar-refractivity contribution in [3.63, 3.8) is 0 Å². The van der Waals surface area contributed by atoms with E-state index >= 15 is 0 Å².